The Morgan fingerprint density at radius 1 is 1.13 bits per heavy atom. The second-order valence-electron chi connectivity index (χ2n) is 3.56. The van der Waals surface area contributed by atoms with Crippen LogP contribution in [0.15, 0.2) is 36.4 Å². The number of unbranched alkanes of at least 4 members (excludes halogenated alkanes) is 1. The molecule has 0 aromatic heterocycles. The zero-order valence-electron chi connectivity index (χ0n) is 8.84. The lowest BCUT2D eigenvalue weighted by molar-refractivity contribution is 0.202. The van der Waals surface area contributed by atoms with Crippen molar-refractivity contribution < 1.29 is 10.2 Å². The molecule has 0 aliphatic rings. The van der Waals surface area contributed by atoms with E-state index in [0.29, 0.717) is 6.42 Å². The highest BCUT2D eigenvalue weighted by Crippen LogP contribution is 2.06. The molecule has 0 aliphatic heterocycles. The average Bonchev–Trinajstić information content (AvgIpc) is 2.28. The van der Waals surface area contributed by atoms with E-state index in [-0.39, 0.29) is 6.61 Å². The van der Waals surface area contributed by atoms with E-state index in [1.54, 1.807) is 6.08 Å². The number of aliphatic hydroxyl groups excluding tert-OH is 2. The van der Waals surface area contributed by atoms with Crippen molar-refractivity contribution in [3.63, 3.8) is 0 Å². The van der Waals surface area contributed by atoms with Crippen molar-refractivity contribution in [2.24, 2.45) is 0 Å². The quantitative estimate of drug-likeness (QED) is 0.701. The summed E-state index contributed by atoms with van der Waals surface area (Å²) in [6.07, 6.45) is 5.64. The minimum atomic E-state index is -0.406. The first kappa shape index (κ1) is 12.0. The molecule has 1 aromatic carbocycles. The van der Waals surface area contributed by atoms with Crippen LogP contribution in [-0.2, 0) is 0 Å². The molecule has 15 heavy (non-hydrogen) atoms. The smallest absolute Gasteiger partial charge is 0.0724 e. The molecule has 1 atom stereocenters. The van der Waals surface area contributed by atoms with Gasteiger partial charge in [0.05, 0.1) is 6.10 Å². The Kier molecular flexibility index (Phi) is 5.74. The van der Waals surface area contributed by atoms with Gasteiger partial charge >= 0.3 is 0 Å². The minimum Gasteiger partial charge on any atom is -0.396 e. The fraction of sp³-hybridized carbons (Fsp3) is 0.385. The first-order valence-corrected chi connectivity index (χ1v) is 5.35. The molecule has 2 nitrogen and oxygen atoms in total. The van der Waals surface area contributed by atoms with Crippen LogP contribution in [0.3, 0.4) is 0 Å². The third-order valence-electron chi connectivity index (χ3n) is 2.22. The minimum absolute atomic E-state index is 0.203. The molecule has 0 saturated carbocycles. The van der Waals surface area contributed by atoms with Gasteiger partial charge in [-0.15, -0.1) is 0 Å². The summed E-state index contributed by atoms with van der Waals surface area (Å²) in [5.74, 6) is 0. The first-order chi connectivity index (χ1) is 7.33. The van der Waals surface area contributed by atoms with E-state index in [1.807, 2.05) is 36.4 Å². The zero-order chi connectivity index (χ0) is 10.9. The van der Waals surface area contributed by atoms with Crippen LogP contribution in [0.1, 0.15) is 24.8 Å². The Hall–Kier alpha value is -1.12. The monoisotopic (exact) mass is 206 g/mol. The summed E-state index contributed by atoms with van der Waals surface area (Å²) in [6, 6.07) is 9.90. The lowest BCUT2D eigenvalue weighted by Gasteiger charge is -2.03. The molecule has 1 unspecified atom stereocenters. The summed E-state index contributed by atoms with van der Waals surface area (Å²) >= 11 is 0. The topological polar surface area (TPSA) is 40.5 Å². The predicted molar refractivity (Wildman–Crippen MR) is 62.4 cm³/mol. The van der Waals surface area contributed by atoms with Crippen molar-refractivity contribution >= 4 is 6.08 Å². The lowest BCUT2D eigenvalue weighted by Crippen LogP contribution is -2.01. The third kappa shape index (κ3) is 5.35. The van der Waals surface area contributed by atoms with Gasteiger partial charge in [0.2, 0.25) is 0 Å². The van der Waals surface area contributed by atoms with Crippen molar-refractivity contribution in [3.8, 4) is 0 Å². The molecule has 1 aromatic rings. The molecule has 0 heterocycles. The Labute approximate surface area is 90.9 Å². The van der Waals surface area contributed by atoms with Gasteiger partial charge in [-0.3, -0.25) is 0 Å². The molecule has 0 radical (unpaired) electrons. The van der Waals surface area contributed by atoms with E-state index in [1.165, 1.54) is 0 Å². The molecule has 0 saturated heterocycles. The molecule has 0 fully saturated rings. The molecular formula is C13H18O2. The van der Waals surface area contributed by atoms with Crippen LogP contribution in [0.5, 0.6) is 0 Å². The fourth-order valence-electron chi connectivity index (χ4n) is 1.35. The van der Waals surface area contributed by atoms with E-state index in [9.17, 15) is 5.11 Å². The normalized spacial score (nSPS) is 13.2. The lowest BCUT2D eigenvalue weighted by atomic mass is 10.1. The highest BCUT2D eigenvalue weighted by Gasteiger charge is 1.97. The molecule has 2 N–H and O–H groups in total. The molecule has 0 amide bonds. The first-order valence-electron chi connectivity index (χ1n) is 5.35. The highest BCUT2D eigenvalue weighted by molar-refractivity contribution is 5.49. The van der Waals surface area contributed by atoms with E-state index in [0.717, 1.165) is 18.4 Å². The van der Waals surface area contributed by atoms with Gasteiger partial charge in [0, 0.05) is 6.61 Å². The molecule has 82 valence electrons. The summed E-state index contributed by atoms with van der Waals surface area (Å²) in [7, 11) is 0. The maximum Gasteiger partial charge on any atom is 0.0724 e. The fourth-order valence-corrected chi connectivity index (χ4v) is 1.35. The van der Waals surface area contributed by atoms with Crippen LogP contribution in [0.4, 0.5) is 0 Å². The number of benzene rings is 1. The second kappa shape index (κ2) is 7.21. The van der Waals surface area contributed by atoms with Crippen LogP contribution in [0.2, 0.25) is 0 Å². The van der Waals surface area contributed by atoms with Crippen molar-refractivity contribution in [2.75, 3.05) is 6.61 Å². The number of rotatable bonds is 6. The van der Waals surface area contributed by atoms with Crippen molar-refractivity contribution in [3.05, 3.63) is 42.0 Å². The van der Waals surface area contributed by atoms with Crippen LogP contribution < -0.4 is 0 Å². The number of hydrogen-bond acceptors (Lipinski definition) is 2. The van der Waals surface area contributed by atoms with E-state index < -0.39 is 6.10 Å². The van der Waals surface area contributed by atoms with Gasteiger partial charge in [-0.2, -0.15) is 0 Å². The Morgan fingerprint density at radius 3 is 2.53 bits per heavy atom. The van der Waals surface area contributed by atoms with E-state index in [2.05, 4.69) is 0 Å². The molecule has 1 rings (SSSR count). The summed E-state index contributed by atoms with van der Waals surface area (Å²) in [5.41, 5.74) is 1.10. The van der Waals surface area contributed by atoms with Gasteiger partial charge in [0.25, 0.3) is 0 Å². The van der Waals surface area contributed by atoms with Crippen molar-refractivity contribution in [1.29, 1.82) is 0 Å². The summed E-state index contributed by atoms with van der Waals surface area (Å²) in [5, 5.41) is 18.2. The highest BCUT2D eigenvalue weighted by atomic mass is 16.3. The Morgan fingerprint density at radius 2 is 1.87 bits per heavy atom. The summed E-state index contributed by atoms with van der Waals surface area (Å²) in [4.78, 5) is 0. The van der Waals surface area contributed by atoms with Crippen LogP contribution in [0, 0.1) is 0 Å². The molecule has 0 bridgehead atoms. The molecule has 2 heteroatoms. The van der Waals surface area contributed by atoms with E-state index >= 15 is 0 Å². The molecular weight excluding hydrogens is 188 g/mol. The standard InChI is InChI=1S/C13H18O2/c14-11-5-4-8-13(15)10-9-12-6-2-1-3-7-12/h1-3,6-7,9-10,13-15H,4-5,8,11H2/b10-9+. The molecule has 0 spiro atoms. The van der Waals surface area contributed by atoms with Gasteiger partial charge in [-0.25, -0.2) is 0 Å². The Bertz CT molecular complexity index is 280. The van der Waals surface area contributed by atoms with Crippen molar-refractivity contribution in [2.45, 2.75) is 25.4 Å². The Balaban J connectivity index is 2.31. The summed E-state index contributed by atoms with van der Waals surface area (Å²) in [6.45, 7) is 0.203. The second-order valence-corrected chi connectivity index (χ2v) is 3.56. The largest absolute Gasteiger partial charge is 0.396 e. The van der Waals surface area contributed by atoms with Gasteiger partial charge < -0.3 is 10.2 Å². The maximum absolute atomic E-state index is 9.57. The third-order valence-corrected chi connectivity index (χ3v) is 2.22. The number of hydrogen-bond donors (Lipinski definition) is 2. The summed E-state index contributed by atoms with van der Waals surface area (Å²) < 4.78 is 0. The number of aliphatic hydroxyl groups is 2. The maximum atomic E-state index is 9.57. The molecule has 0 aliphatic carbocycles. The van der Waals surface area contributed by atoms with Gasteiger partial charge in [0.15, 0.2) is 0 Å². The van der Waals surface area contributed by atoms with Crippen LogP contribution in [-0.4, -0.2) is 22.9 Å². The predicted octanol–water partition coefficient (Wildman–Crippen LogP) is 2.22. The van der Waals surface area contributed by atoms with Gasteiger partial charge in [-0.1, -0.05) is 42.5 Å². The zero-order valence-corrected chi connectivity index (χ0v) is 8.84. The van der Waals surface area contributed by atoms with Crippen LogP contribution in [0.25, 0.3) is 6.08 Å². The van der Waals surface area contributed by atoms with Gasteiger partial charge in [0.1, 0.15) is 0 Å². The van der Waals surface area contributed by atoms with Gasteiger partial charge in [-0.05, 0) is 24.8 Å². The SMILES string of the molecule is OCCCCC(O)/C=C/c1ccccc1. The van der Waals surface area contributed by atoms with Crippen molar-refractivity contribution in [1.82, 2.24) is 0 Å². The van der Waals surface area contributed by atoms with E-state index in [4.69, 9.17) is 5.11 Å². The average molecular weight is 206 g/mol. The van der Waals surface area contributed by atoms with Crippen LogP contribution >= 0.6 is 0 Å².